The lowest BCUT2D eigenvalue weighted by atomic mass is 9.91. The van der Waals surface area contributed by atoms with Crippen LogP contribution in [0, 0.1) is 6.92 Å². The molecule has 0 aromatic heterocycles. The van der Waals surface area contributed by atoms with Gasteiger partial charge < -0.3 is 0 Å². The molecule has 49 heavy (non-hydrogen) atoms. The van der Waals surface area contributed by atoms with E-state index in [1.165, 1.54) is 36.4 Å². The number of nitrogens with zero attached hydrogens (tertiary/aromatic N) is 2. The summed E-state index contributed by atoms with van der Waals surface area (Å²) >= 11 is 6.91. The van der Waals surface area contributed by atoms with E-state index in [0.717, 1.165) is 20.3 Å². The molecule has 0 saturated carbocycles. The van der Waals surface area contributed by atoms with Crippen molar-refractivity contribution < 1.29 is 32.3 Å². The fraction of sp³-hybridized carbons (Fsp3) is 0.0526. The van der Waals surface area contributed by atoms with Gasteiger partial charge in [-0.1, -0.05) is 68.3 Å². The van der Waals surface area contributed by atoms with Gasteiger partial charge in [0.15, 0.2) is 0 Å². The van der Waals surface area contributed by atoms with Crippen molar-refractivity contribution in [3.63, 3.8) is 0 Å². The van der Waals surface area contributed by atoms with Crippen molar-refractivity contribution in [2.45, 2.75) is 13.1 Å². The summed E-state index contributed by atoms with van der Waals surface area (Å²) in [6.45, 7) is 1.59. The maximum atomic E-state index is 14.7. The Bertz CT molecular complexity index is 2480. The largest absolute Gasteiger partial charge is 0.417 e. The summed E-state index contributed by atoms with van der Waals surface area (Å²) in [7, 11) is 0. The van der Waals surface area contributed by atoms with E-state index < -0.39 is 35.4 Å². The molecule has 0 bridgehead atoms. The molecule has 2 aliphatic rings. The molecule has 0 radical (unpaired) electrons. The summed E-state index contributed by atoms with van der Waals surface area (Å²) in [6, 6.07) is 24.4. The quantitative estimate of drug-likeness (QED) is 0.168. The molecule has 0 aliphatic carbocycles. The summed E-state index contributed by atoms with van der Waals surface area (Å²) in [6.07, 6.45) is -4.86. The fourth-order valence-corrected chi connectivity index (χ4v) is 7.75. The monoisotopic (exact) mass is 782 g/mol. The summed E-state index contributed by atoms with van der Waals surface area (Å²) in [5, 5.41) is 2.33. The molecule has 2 heterocycles. The van der Waals surface area contributed by atoms with Gasteiger partial charge in [-0.05, 0) is 95.1 Å². The maximum absolute atomic E-state index is 14.7. The number of aryl methyl sites for hydroxylation is 1. The van der Waals surface area contributed by atoms with Crippen LogP contribution in [-0.2, 0) is 6.18 Å². The molecule has 6 aromatic rings. The van der Waals surface area contributed by atoms with E-state index in [9.17, 15) is 32.3 Å². The molecule has 0 spiro atoms. The summed E-state index contributed by atoms with van der Waals surface area (Å²) in [5.74, 6) is -2.56. The third-order valence-electron chi connectivity index (χ3n) is 9.03. The van der Waals surface area contributed by atoms with Crippen molar-refractivity contribution in [1.29, 1.82) is 0 Å². The summed E-state index contributed by atoms with van der Waals surface area (Å²) in [4.78, 5) is 56.4. The summed E-state index contributed by atoms with van der Waals surface area (Å²) < 4.78 is 45.6. The Labute approximate surface area is 293 Å². The molecule has 0 atom stereocenters. The van der Waals surface area contributed by atoms with Gasteiger partial charge in [0, 0.05) is 42.0 Å². The van der Waals surface area contributed by atoms with Gasteiger partial charge in [0.25, 0.3) is 23.6 Å². The predicted octanol–water partition coefficient (Wildman–Crippen LogP) is 10.1. The molecule has 0 N–H and O–H groups in total. The second kappa shape index (κ2) is 10.9. The van der Waals surface area contributed by atoms with E-state index in [1.54, 1.807) is 61.5 Å². The molecule has 0 unspecified atom stereocenters. The average molecular weight is 784 g/mol. The Morgan fingerprint density at radius 3 is 1.37 bits per heavy atom. The molecular formula is C38H19Br2F3N2O4. The molecule has 4 amide bonds. The highest BCUT2D eigenvalue weighted by Crippen LogP contribution is 2.44. The van der Waals surface area contributed by atoms with Gasteiger partial charge in [0.1, 0.15) is 0 Å². The van der Waals surface area contributed by atoms with Crippen LogP contribution >= 0.6 is 31.9 Å². The SMILES string of the molecule is Cc1cc(N2C(=O)c3cccc4c(Br)ccc(c34)C2=O)ccc1-c1ccc(N2C(=O)c3cccc4c(Br)ccc(c34)C2=O)cc1C(F)(F)F. The second-order valence-corrected chi connectivity index (χ2v) is 13.5. The van der Waals surface area contributed by atoms with Gasteiger partial charge in [-0.2, -0.15) is 13.2 Å². The van der Waals surface area contributed by atoms with Crippen LogP contribution < -0.4 is 9.80 Å². The number of benzene rings is 6. The molecule has 0 saturated heterocycles. The zero-order chi connectivity index (χ0) is 34.5. The lowest BCUT2D eigenvalue weighted by molar-refractivity contribution is -0.137. The highest BCUT2D eigenvalue weighted by molar-refractivity contribution is 9.11. The number of amides is 4. The van der Waals surface area contributed by atoms with Crippen LogP contribution in [0.2, 0.25) is 0 Å². The lowest BCUT2D eigenvalue weighted by Crippen LogP contribution is -2.40. The number of imide groups is 2. The van der Waals surface area contributed by atoms with Gasteiger partial charge >= 0.3 is 6.18 Å². The number of alkyl halides is 3. The number of anilines is 2. The molecule has 240 valence electrons. The number of halogens is 5. The number of carbonyl (C=O) groups excluding carboxylic acids is 4. The Hall–Kier alpha value is -5.13. The Morgan fingerprint density at radius 2 is 0.918 bits per heavy atom. The van der Waals surface area contributed by atoms with Crippen molar-refractivity contribution in [1.82, 2.24) is 0 Å². The zero-order valence-electron chi connectivity index (χ0n) is 25.2. The third-order valence-corrected chi connectivity index (χ3v) is 10.4. The van der Waals surface area contributed by atoms with Crippen LogP contribution in [0.15, 0.2) is 106 Å². The van der Waals surface area contributed by atoms with Gasteiger partial charge in [0.2, 0.25) is 0 Å². The van der Waals surface area contributed by atoms with Crippen LogP contribution in [0.4, 0.5) is 24.5 Å². The van der Waals surface area contributed by atoms with E-state index in [-0.39, 0.29) is 33.6 Å². The number of carbonyl (C=O) groups is 4. The fourth-order valence-electron chi connectivity index (χ4n) is 6.82. The average Bonchev–Trinajstić information content (AvgIpc) is 3.07. The van der Waals surface area contributed by atoms with Crippen LogP contribution in [-0.4, -0.2) is 23.6 Å². The molecule has 6 aromatic carbocycles. The Balaban J connectivity index is 1.20. The van der Waals surface area contributed by atoms with E-state index in [2.05, 4.69) is 31.9 Å². The normalized spacial score (nSPS) is 14.4. The Kier molecular flexibility index (Phi) is 6.96. The van der Waals surface area contributed by atoms with Crippen molar-refractivity contribution in [2.75, 3.05) is 9.80 Å². The van der Waals surface area contributed by atoms with Crippen molar-refractivity contribution in [2.24, 2.45) is 0 Å². The third kappa shape index (κ3) is 4.59. The molecule has 2 aliphatic heterocycles. The smallest absolute Gasteiger partial charge is 0.268 e. The minimum Gasteiger partial charge on any atom is -0.268 e. The molecule has 11 heteroatoms. The minimum atomic E-state index is -4.86. The van der Waals surface area contributed by atoms with Gasteiger partial charge in [-0.15, -0.1) is 0 Å². The highest BCUT2D eigenvalue weighted by Gasteiger charge is 2.39. The minimum absolute atomic E-state index is 0.195. The van der Waals surface area contributed by atoms with Gasteiger partial charge in [0.05, 0.1) is 16.9 Å². The first-order chi connectivity index (χ1) is 23.4. The predicted molar refractivity (Wildman–Crippen MR) is 187 cm³/mol. The van der Waals surface area contributed by atoms with Crippen LogP contribution in [0.5, 0.6) is 0 Å². The first kappa shape index (κ1) is 31.2. The zero-order valence-corrected chi connectivity index (χ0v) is 28.3. The summed E-state index contributed by atoms with van der Waals surface area (Å²) in [5.41, 5.74) is 0.353. The van der Waals surface area contributed by atoms with Gasteiger partial charge in [-0.3, -0.25) is 19.2 Å². The van der Waals surface area contributed by atoms with E-state index in [0.29, 0.717) is 42.7 Å². The lowest BCUT2D eigenvalue weighted by Gasteiger charge is -2.29. The molecule has 6 nitrogen and oxygen atoms in total. The van der Waals surface area contributed by atoms with Crippen molar-refractivity contribution in [3.8, 4) is 11.1 Å². The standard InChI is InChI=1S/C38H19Br2F3N2O4/c1-18-16-19(44-34(46)25-6-2-4-23-30(39)14-12-27(32(23)25)36(44)48)8-10-21(18)22-11-9-20(17-29(22)38(41,42)43)45-35(47)26-7-3-5-24-31(40)15-13-28(33(24)26)37(45)49/h2-17H,1H3. The van der Waals surface area contributed by atoms with Gasteiger partial charge in [-0.25, -0.2) is 9.80 Å². The maximum Gasteiger partial charge on any atom is 0.417 e. The molecule has 0 fully saturated rings. The van der Waals surface area contributed by atoms with Crippen LogP contribution in [0.1, 0.15) is 52.6 Å². The topological polar surface area (TPSA) is 74.8 Å². The number of hydrogen-bond acceptors (Lipinski definition) is 4. The molecule has 8 rings (SSSR count). The van der Waals surface area contributed by atoms with E-state index in [4.69, 9.17) is 0 Å². The number of rotatable bonds is 3. The van der Waals surface area contributed by atoms with Crippen LogP contribution in [0.3, 0.4) is 0 Å². The van der Waals surface area contributed by atoms with Crippen molar-refractivity contribution >= 4 is 88.4 Å². The Morgan fingerprint density at radius 1 is 0.510 bits per heavy atom. The van der Waals surface area contributed by atoms with E-state index in [1.807, 2.05) is 0 Å². The number of hydrogen-bond donors (Lipinski definition) is 0. The highest BCUT2D eigenvalue weighted by atomic mass is 79.9. The van der Waals surface area contributed by atoms with Crippen LogP contribution in [0.25, 0.3) is 32.7 Å². The molecular weight excluding hydrogens is 765 g/mol. The first-order valence-electron chi connectivity index (χ1n) is 14.9. The second-order valence-electron chi connectivity index (χ2n) is 11.8. The van der Waals surface area contributed by atoms with E-state index >= 15 is 0 Å². The van der Waals surface area contributed by atoms with Crippen molar-refractivity contribution in [3.05, 3.63) is 139 Å². The first-order valence-corrected chi connectivity index (χ1v) is 16.5.